The highest BCUT2D eigenvalue weighted by Gasteiger charge is 2.42. The number of benzene rings is 2. The van der Waals surface area contributed by atoms with Gasteiger partial charge in [0, 0.05) is 40.5 Å². The van der Waals surface area contributed by atoms with Crippen LogP contribution in [-0.4, -0.2) is 58.4 Å². The summed E-state index contributed by atoms with van der Waals surface area (Å²) in [6, 6.07) is 11.3. The molecule has 2 amide bonds. The number of amides is 2. The minimum atomic E-state index is -5.35. The molecule has 0 unspecified atom stereocenters. The third-order valence-corrected chi connectivity index (χ3v) is 7.95. The molecule has 0 spiro atoms. The Morgan fingerprint density at radius 2 is 1.79 bits per heavy atom. The van der Waals surface area contributed by atoms with E-state index >= 15 is 0 Å². The fourth-order valence-electron chi connectivity index (χ4n) is 4.59. The zero-order chi connectivity index (χ0) is 30.3. The molecular weight excluding hydrogens is 580 g/mol. The molecule has 2 aromatic carbocycles. The Morgan fingerprint density at radius 3 is 2.50 bits per heavy atom. The molecule has 0 saturated carbocycles. The molecule has 0 atom stereocenters. The number of piperazine rings is 1. The number of hydrogen-bond donors (Lipinski definition) is 0. The van der Waals surface area contributed by atoms with Crippen molar-refractivity contribution >= 4 is 44.9 Å². The van der Waals surface area contributed by atoms with Crippen molar-refractivity contribution in [2.45, 2.75) is 26.4 Å². The van der Waals surface area contributed by atoms with Gasteiger partial charge in [0.2, 0.25) is 5.91 Å². The van der Waals surface area contributed by atoms with Crippen LogP contribution in [0.15, 0.2) is 52.6 Å². The number of aromatic nitrogens is 2. The van der Waals surface area contributed by atoms with Crippen LogP contribution in [0.3, 0.4) is 0 Å². The third kappa shape index (κ3) is 5.49. The van der Waals surface area contributed by atoms with Crippen molar-refractivity contribution in [3.63, 3.8) is 0 Å². The van der Waals surface area contributed by atoms with E-state index in [1.54, 1.807) is 4.90 Å². The van der Waals surface area contributed by atoms with Gasteiger partial charge in [-0.15, -0.1) is 16.4 Å². The summed E-state index contributed by atoms with van der Waals surface area (Å²) in [5.74, 6) is -4.47. The van der Waals surface area contributed by atoms with Gasteiger partial charge in [-0.1, -0.05) is 24.3 Å². The van der Waals surface area contributed by atoms with Crippen LogP contribution < -0.4 is 15.3 Å². The van der Waals surface area contributed by atoms with E-state index < -0.39 is 29.4 Å². The predicted molar refractivity (Wildman–Crippen MR) is 145 cm³/mol. The summed E-state index contributed by atoms with van der Waals surface area (Å²) >= 11 is 1.50. The number of fused-ring (bicyclic) bond motifs is 1. The Bertz CT molecular complexity index is 1800. The SMILES string of the molecule is Cc1c(Cc2ccc(F)c(C(=O)N3CCN(c4csc5ccccc45)C(=O)C3)c2)nn(OC(=O)C(F)(F)F)c(=O)c1C. The number of rotatable bonds is 5. The number of halogens is 4. The van der Waals surface area contributed by atoms with Crippen molar-refractivity contribution in [3.8, 4) is 0 Å². The number of nitrogens with zero attached hydrogens (tertiary/aromatic N) is 4. The van der Waals surface area contributed by atoms with Crippen molar-refractivity contribution < 1.29 is 36.8 Å². The normalized spacial score (nSPS) is 14.0. The summed E-state index contributed by atoms with van der Waals surface area (Å²) in [6.07, 6.45) is -5.48. The van der Waals surface area contributed by atoms with E-state index in [1.807, 2.05) is 29.6 Å². The lowest BCUT2D eigenvalue weighted by Crippen LogP contribution is -2.52. The molecule has 9 nitrogen and oxygen atoms in total. The van der Waals surface area contributed by atoms with Gasteiger partial charge in [-0.25, -0.2) is 9.18 Å². The van der Waals surface area contributed by atoms with Gasteiger partial charge in [-0.2, -0.15) is 13.2 Å². The topological polar surface area (TPSA) is 102 Å². The summed E-state index contributed by atoms with van der Waals surface area (Å²) in [5.41, 5.74) is 0.114. The third-order valence-electron chi connectivity index (χ3n) is 6.99. The molecule has 42 heavy (non-hydrogen) atoms. The summed E-state index contributed by atoms with van der Waals surface area (Å²) in [4.78, 5) is 56.9. The summed E-state index contributed by atoms with van der Waals surface area (Å²) in [6.45, 7) is 2.95. The van der Waals surface area contributed by atoms with E-state index in [1.165, 1.54) is 42.2 Å². The summed E-state index contributed by atoms with van der Waals surface area (Å²) in [5, 5.41) is 6.56. The Labute approximate surface area is 239 Å². The first kappa shape index (κ1) is 28.9. The number of anilines is 1. The molecule has 5 rings (SSSR count). The molecule has 4 aromatic rings. The van der Waals surface area contributed by atoms with Crippen LogP contribution >= 0.6 is 11.3 Å². The highest BCUT2D eigenvalue weighted by atomic mass is 32.1. The van der Waals surface area contributed by atoms with Crippen molar-refractivity contribution in [2.75, 3.05) is 24.5 Å². The molecule has 1 aliphatic heterocycles. The lowest BCUT2D eigenvalue weighted by atomic mass is 10.0. The van der Waals surface area contributed by atoms with Crippen molar-refractivity contribution in [1.82, 2.24) is 14.8 Å². The first-order valence-electron chi connectivity index (χ1n) is 12.6. The number of carbonyl (C=O) groups is 3. The second kappa shape index (κ2) is 11.0. The highest BCUT2D eigenvalue weighted by Crippen LogP contribution is 2.33. The quantitative estimate of drug-likeness (QED) is 0.322. The first-order chi connectivity index (χ1) is 19.8. The van der Waals surface area contributed by atoms with E-state index in [9.17, 15) is 36.7 Å². The molecular formula is C28H22F4N4O5S. The predicted octanol–water partition coefficient (Wildman–Crippen LogP) is 3.81. The van der Waals surface area contributed by atoms with Gasteiger partial charge in [0.05, 0.1) is 16.9 Å². The Morgan fingerprint density at radius 1 is 1.05 bits per heavy atom. The van der Waals surface area contributed by atoms with Gasteiger partial charge in [0.1, 0.15) is 12.4 Å². The lowest BCUT2D eigenvalue weighted by Gasteiger charge is -2.34. The van der Waals surface area contributed by atoms with Crippen LogP contribution in [0.1, 0.15) is 32.7 Å². The Balaban J connectivity index is 1.36. The van der Waals surface area contributed by atoms with Gasteiger partial charge in [0.25, 0.3) is 5.91 Å². The minimum absolute atomic E-state index is 0.0110. The number of thiophene rings is 1. The monoisotopic (exact) mass is 602 g/mol. The largest absolute Gasteiger partial charge is 0.493 e. The lowest BCUT2D eigenvalue weighted by molar-refractivity contribution is -0.202. The van der Waals surface area contributed by atoms with Crippen LogP contribution in [0.2, 0.25) is 0 Å². The van der Waals surface area contributed by atoms with Crippen LogP contribution in [-0.2, 0) is 16.0 Å². The minimum Gasteiger partial charge on any atom is -0.327 e. The second-order valence-corrected chi connectivity index (χ2v) is 10.5. The van der Waals surface area contributed by atoms with Crippen LogP contribution in [0.25, 0.3) is 10.1 Å². The maximum atomic E-state index is 14.8. The number of hydrogen-bond acceptors (Lipinski definition) is 7. The van der Waals surface area contributed by atoms with E-state index in [2.05, 4.69) is 9.94 Å². The Hall–Kier alpha value is -4.59. The maximum Gasteiger partial charge on any atom is 0.493 e. The molecule has 14 heteroatoms. The average molecular weight is 603 g/mol. The molecule has 218 valence electrons. The first-order valence-corrected chi connectivity index (χ1v) is 13.5. The molecule has 0 N–H and O–H groups in total. The maximum absolute atomic E-state index is 14.8. The summed E-state index contributed by atoms with van der Waals surface area (Å²) < 4.78 is 53.9. The molecule has 0 radical (unpaired) electrons. The molecule has 3 heterocycles. The van der Waals surface area contributed by atoms with Gasteiger partial charge in [0.15, 0.2) is 0 Å². The van der Waals surface area contributed by atoms with Crippen LogP contribution in [0.4, 0.5) is 23.2 Å². The van der Waals surface area contributed by atoms with Gasteiger partial charge in [-0.3, -0.25) is 14.4 Å². The van der Waals surface area contributed by atoms with Crippen LogP contribution in [0.5, 0.6) is 0 Å². The van der Waals surface area contributed by atoms with E-state index in [0.717, 1.165) is 21.8 Å². The fraction of sp³-hybridized carbons (Fsp3) is 0.250. The zero-order valence-electron chi connectivity index (χ0n) is 22.2. The standard InChI is InChI=1S/C28H22F4N4O5S/c1-15-16(2)25(38)36(41-27(40)28(30,31)32)33-21(15)12-17-7-8-20(29)19(11-17)26(39)34-9-10-35(24(37)13-34)22-14-42-23-6-4-3-5-18(22)23/h3-8,11,14H,9-10,12-13H2,1-2H3. The molecule has 0 aliphatic carbocycles. The average Bonchev–Trinajstić information content (AvgIpc) is 3.38. The summed E-state index contributed by atoms with van der Waals surface area (Å²) in [7, 11) is 0. The van der Waals surface area contributed by atoms with Gasteiger partial charge >= 0.3 is 17.7 Å². The molecule has 1 fully saturated rings. The highest BCUT2D eigenvalue weighted by molar-refractivity contribution is 7.17. The van der Waals surface area contributed by atoms with Gasteiger partial charge in [-0.05, 0) is 48.0 Å². The number of carbonyl (C=O) groups excluding carboxylic acids is 3. The molecule has 2 aromatic heterocycles. The second-order valence-electron chi connectivity index (χ2n) is 9.63. The van der Waals surface area contributed by atoms with Crippen molar-refractivity contribution in [2.24, 2.45) is 0 Å². The van der Waals surface area contributed by atoms with E-state index in [4.69, 9.17) is 0 Å². The van der Waals surface area contributed by atoms with Gasteiger partial charge < -0.3 is 14.6 Å². The molecule has 1 aliphatic rings. The zero-order valence-corrected chi connectivity index (χ0v) is 23.0. The number of alkyl halides is 3. The smallest absolute Gasteiger partial charge is 0.327 e. The van der Waals surface area contributed by atoms with E-state index in [-0.39, 0.29) is 53.6 Å². The van der Waals surface area contributed by atoms with Crippen molar-refractivity contribution in [3.05, 3.63) is 92.0 Å². The molecule has 0 bridgehead atoms. The Kier molecular flexibility index (Phi) is 7.58. The van der Waals surface area contributed by atoms with Crippen LogP contribution in [0, 0.1) is 19.7 Å². The fourth-order valence-corrected chi connectivity index (χ4v) is 5.54. The molecule has 1 saturated heterocycles. The van der Waals surface area contributed by atoms with Crippen molar-refractivity contribution in [1.29, 1.82) is 0 Å². The van der Waals surface area contributed by atoms with E-state index in [0.29, 0.717) is 11.1 Å².